The molecule has 1 saturated carbocycles. The van der Waals surface area contributed by atoms with E-state index < -0.39 is 5.97 Å². The molecule has 1 aliphatic rings. The normalized spacial score (nSPS) is 16.3. The fourth-order valence-corrected chi connectivity index (χ4v) is 5.50. The molecule has 0 bridgehead atoms. The van der Waals surface area contributed by atoms with Crippen molar-refractivity contribution in [1.29, 1.82) is 0 Å². The number of carbonyl (C=O) groups is 4. The van der Waals surface area contributed by atoms with Gasteiger partial charge in [0.25, 0.3) is 0 Å². The molecule has 0 aromatic heterocycles. The summed E-state index contributed by atoms with van der Waals surface area (Å²) in [6.45, 7) is 11.2. The highest BCUT2D eigenvalue weighted by Gasteiger charge is 2.23. The standard InChI is InChI=1S/C36H44O7/c1-25(2)34(38)41-21-19-28(20-22-42-35(39)26(3)4)8-5-7-27-11-13-30(14-12-27)31-15-17-32(18-16-31)36(40)43-33-10-6-9-29(23-33)24-37/h6,9-10,15-18,23-24,27-28,30H,1,3,5,7-8,11-14,19-22H2,2,4H3. The number of rotatable bonds is 16. The Morgan fingerprint density at radius 2 is 1.47 bits per heavy atom. The minimum Gasteiger partial charge on any atom is -0.462 e. The van der Waals surface area contributed by atoms with Gasteiger partial charge in [0.1, 0.15) is 12.0 Å². The molecule has 2 aromatic carbocycles. The topological polar surface area (TPSA) is 96.0 Å². The van der Waals surface area contributed by atoms with Crippen molar-refractivity contribution < 1.29 is 33.4 Å². The zero-order chi connectivity index (χ0) is 31.2. The van der Waals surface area contributed by atoms with Gasteiger partial charge in [-0.2, -0.15) is 0 Å². The Bertz CT molecular complexity index is 1240. The van der Waals surface area contributed by atoms with Crippen LogP contribution in [0.3, 0.4) is 0 Å². The Labute approximate surface area is 255 Å². The second-order valence-corrected chi connectivity index (χ2v) is 11.6. The van der Waals surface area contributed by atoms with Crippen LogP contribution in [0.15, 0.2) is 72.8 Å². The first-order chi connectivity index (χ1) is 20.7. The third-order valence-electron chi connectivity index (χ3n) is 8.11. The SMILES string of the molecule is C=C(C)C(=O)OCCC(CCCC1CCC(c2ccc(C(=O)Oc3cccc(C=O)c3)cc2)CC1)CCOC(=O)C(=C)C. The molecule has 230 valence electrons. The van der Waals surface area contributed by atoms with Crippen LogP contribution < -0.4 is 4.74 Å². The minimum absolute atomic E-state index is 0.298. The summed E-state index contributed by atoms with van der Waals surface area (Å²) >= 11 is 0. The summed E-state index contributed by atoms with van der Waals surface area (Å²) in [5.74, 6) is 0.604. The molecule has 0 saturated heterocycles. The first kappa shape index (κ1) is 33.5. The van der Waals surface area contributed by atoms with E-state index in [1.165, 1.54) is 18.4 Å². The number of carbonyl (C=O) groups excluding carboxylic acids is 4. The maximum atomic E-state index is 12.6. The maximum Gasteiger partial charge on any atom is 0.343 e. The van der Waals surface area contributed by atoms with E-state index in [2.05, 4.69) is 13.2 Å². The zero-order valence-corrected chi connectivity index (χ0v) is 25.5. The fourth-order valence-electron chi connectivity index (χ4n) is 5.50. The lowest BCUT2D eigenvalue weighted by atomic mass is 9.76. The largest absolute Gasteiger partial charge is 0.462 e. The summed E-state index contributed by atoms with van der Waals surface area (Å²) in [5.41, 5.74) is 2.96. The maximum absolute atomic E-state index is 12.6. The summed E-state index contributed by atoms with van der Waals surface area (Å²) in [6, 6.07) is 14.2. The van der Waals surface area contributed by atoms with Gasteiger partial charge >= 0.3 is 17.9 Å². The second-order valence-electron chi connectivity index (χ2n) is 11.6. The second kappa shape index (κ2) is 17.2. The lowest BCUT2D eigenvalue weighted by molar-refractivity contribution is -0.139. The lowest BCUT2D eigenvalue weighted by Gasteiger charge is -2.29. The van der Waals surface area contributed by atoms with Crippen LogP contribution in [-0.2, 0) is 19.1 Å². The van der Waals surface area contributed by atoms with Gasteiger partial charge in [0.2, 0.25) is 0 Å². The number of aldehydes is 1. The van der Waals surface area contributed by atoms with Crippen LogP contribution >= 0.6 is 0 Å². The third-order valence-corrected chi connectivity index (χ3v) is 8.11. The van der Waals surface area contributed by atoms with Gasteiger partial charge in [-0.15, -0.1) is 0 Å². The average molecular weight is 589 g/mol. The Kier molecular flexibility index (Phi) is 13.4. The highest BCUT2D eigenvalue weighted by atomic mass is 16.5. The van der Waals surface area contributed by atoms with Crippen molar-refractivity contribution in [2.45, 2.75) is 77.6 Å². The van der Waals surface area contributed by atoms with Gasteiger partial charge in [0, 0.05) is 16.7 Å². The molecular formula is C36H44O7. The van der Waals surface area contributed by atoms with Crippen LogP contribution in [0.2, 0.25) is 0 Å². The van der Waals surface area contributed by atoms with Gasteiger partial charge in [-0.05, 0) is 100.0 Å². The van der Waals surface area contributed by atoms with Crippen LogP contribution in [0, 0.1) is 11.8 Å². The zero-order valence-electron chi connectivity index (χ0n) is 25.5. The molecule has 3 rings (SSSR count). The van der Waals surface area contributed by atoms with Crippen LogP contribution in [0.25, 0.3) is 0 Å². The molecule has 0 heterocycles. The fraction of sp³-hybridized carbons (Fsp3) is 0.444. The van der Waals surface area contributed by atoms with Crippen molar-refractivity contribution >= 4 is 24.2 Å². The molecule has 0 unspecified atom stereocenters. The Morgan fingerprint density at radius 3 is 2.02 bits per heavy atom. The summed E-state index contributed by atoms with van der Waals surface area (Å²) in [5, 5.41) is 0. The van der Waals surface area contributed by atoms with Crippen molar-refractivity contribution in [3.8, 4) is 5.75 Å². The molecule has 2 aromatic rings. The first-order valence-corrected chi connectivity index (χ1v) is 15.2. The van der Waals surface area contributed by atoms with Crippen LogP contribution in [0.1, 0.15) is 104 Å². The number of hydrogen-bond donors (Lipinski definition) is 0. The van der Waals surface area contributed by atoms with Gasteiger partial charge in [-0.3, -0.25) is 4.79 Å². The molecule has 0 atom stereocenters. The monoisotopic (exact) mass is 588 g/mol. The Hall–Kier alpha value is -4.00. The van der Waals surface area contributed by atoms with Crippen LogP contribution in [0.5, 0.6) is 5.75 Å². The number of ether oxygens (including phenoxy) is 3. The van der Waals surface area contributed by atoms with Crippen LogP contribution in [-0.4, -0.2) is 37.4 Å². The predicted molar refractivity (Wildman–Crippen MR) is 166 cm³/mol. The third kappa shape index (κ3) is 11.3. The molecule has 1 aliphatic carbocycles. The van der Waals surface area contributed by atoms with E-state index in [9.17, 15) is 19.2 Å². The number of esters is 3. The molecule has 0 aliphatic heterocycles. The lowest BCUT2D eigenvalue weighted by Crippen LogP contribution is -2.16. The van der Waals surface area contributed by atoms with Crippen molar-refractivity contribution in [1.82, 2.24) is 0 Å². The van der Waals surface area contributed by atoms with E-state index in [1.807, 2.05) is 24.3 Å². The van der Waals surface area contributed by atoms with Gasteiger partial charge < -0.3 is 14.2 Å². The van der Waals surface area contributed by atoms with E-state index in [1.54, 1.807) is 38.1 Å². The van der Waals surface area contributed by atoms with Crippen molar-refractivity contribution in [2.75, 3.05) is 13.2 Å². The highest BCUT2D eigenvalue weighted by molar-refractivity contribution is 5.91. The van der Waals surface area contributed by atoms with Crippen molar-refractivity contribution in [3.63, 3.8) is 0 Å². The first-order valence-electron chi connectivity index (χ1n) is 15.2. The van der Waals surface area contributed by atoms with Gasteiger partial charge in [-0.1, -0.05) is 56.7 Å². The summed E-state index contributed by atoms with van der Waals surface area (Å²) < 4.78 is 16.0. The molecule has 43 heavy (non-hydrogen) atoms. The van der Waals surface area contributed by atoms with E-state index in [-0.39, 0.29) is 11.9 Å². The minimum atomic E-state index is -0.445. The quantitative estimate of drug-likeness (QED) is 0.0854. The molecular weight excluding hydrogens is 544 g/mol. The molecule has 0 radical (unpaired) electrons. The predicted octanol–water partition coefficient (Wildman–Crippen LogP) is 7.80. The van der Waals surface area contributed by atoms with Crippen molar-refractivity contribution in [2.24, 2.45) is 11.8 Å². The summed E-state index contributed by atoms with van der Waals surface area (Å²) in [7, 11) is 0. The van der Waals surface area contributed by atoms with E-state index in [0.717, 1.165) is 51.2 Å². The van der Waals surface area contributed by atoms with E-state index in [4.69, 9.17) is 14.2 Å². The summed E-state index contributed by atoms with van der Waals surface area (Å²) in [6.07, 6.45) is 9.96. The molecule has 0 N–H and O–H groups in total. The molecule has 0 spiro atoms. The van der Waals surface area contributed by atoms with Crippen molar-refractivity contribution in [3.05, 3.63) is 89.5 Å². The average Bonchev–Trinajstić information content (AvgIpc) is 3.01. The Balaban J connectivity index is 1.42. The van der Waals surface area contributed by atoms with E-state index in [0.29, 0.717) is 59.0 Å². The van der Waals surface area contributed by atoms with Gasteiger partial charge in [-0.25, -0.2) is 14.4 Å². The highest BCUT2D eigenvalue weighted by Crippen LogP contribution is 2.38. The Morgan fingerprint density at radius 1 is 0.860 bits per heavy atom. The van der Waals surface area contributed by atoms with Gasteiger partial charge in [0.15, 0.2) is 0 Å². The summed E-state index contributed by atoms with van der Waals surface area (Å²) in [4.78, 5) is 47.0. The number of hydrogen-bond acceptors (Lipinski definition) is 7. The number of benzene rings is 2. The molecule has 7 nitrogen and oxygen atoms in total. The smallest absolute Gasteiger partial charge is 0.343 e. The van der Waals surface area contributed by atoms with Crippen LogP contribution in [0.4, 0.5) is 0 Å². The molecule has 0 amide bonds. The molecule has 1 fully saturated rings. The van der Waals surface area contributed by atoms with E-state index >= 15 is 0 Å². The molecule has 7 heteroatoms. The van der Waals surface area contributed by atoms with Gasteiger partial charge in [0.05, 0.1) is 18.8 Å².